The van der Waals surface area contributed by atoms with E-state index in [1.807, 2.05) is 38.3 Å². The van der Waals surface area contributed by atoms with Gasteiger partial charge in [-0.3, -0.25) is 4.79 Å². The topological polar surface area (TPSA) is 70.6 Å². The summed E-state index contributed by atoms with van der Waals surface area (Å²) in [6.07, 6.45) is 0.272. The molecule has 26 heavy (non-hydrogen) atoms. The highest BCUT2D eigenvalue weighted by Crippen LogP contribution is 2.22. The van der Waals surface area contributed by atoms with E-state index in [2.05, 4.69) is 4.98 Å². The molecule has 1 aromatic heterocycles. The van der Waals surface area contributed by atoms with Crippen LogP contribution in [-0.2, 0) is 21.2 Å². The highest BCUT2D eigenvalue weighted by Gasteiger charge is 2.31. The van der Waals surface area contributed by atoms with E-state index in [1.54, 1.807) is 11.0 Å². The molecule has 140 valence electrons. The van der Waals surface area contributed by atoms with Crippen LogP contribution in [0.3, 0.4) is 0 Å². The number of amides is 1. The number of rotatable bonds is 4. The van der Waals surface area contributed by atoms with Crippen molar-refractivity contribution in [2.75, 3.05) is 26.2 Å². The Morgan fingerprint density at radius 1 is 1.15 bits per heavy atom. The molecule has 0 spiro atoms. The molecule has 1 saturated heterocycles. The smallest absolute Gasteiger partial charge is 0.243 e. The fourth-order valence-electron chi connectivity index (χ4n) is 3.06. The van der Waals surface area contributed by atoms with Crippen LogP contribution in [0.25, 0.3) is 0 Å². The summed E-state index contributed by atoms with van der Waals surface area (Å²) in [4.78, 5) is 18.8. The average Bonchev–Trinajstić information content (AvgIpc) is 3.02. The molecule has 0 aliphatic carbocycles. The standard InChI is InChI=1S/C18H23N3O3S2/c1-13-4-5-14(2)17(10-13)26(23,24)21-8-6-20(7-9-21)18(22)11-16-12-25-15(3)19-16/h4-5,10,12H,6-9,11H2,1-3H3. The molecular weight excluding hydrogens is 370 g/mol. The van der Waals surface area contributed by atoms with Crippen LogP contribution in [0.1, 0.15) is 21.8 Å². The lowest BCUT2D eigenvalue weighted by Crippen LogP contribution is -2.51. The first-order valence-electron chi connectivity index (χ1n) is 8.53. The summed E-state index contributed by atoms with van der Waals surface area (Å²) in [6, 6.07) is 5.45. The van der Waals surface area contributed by atoms with Gasteiger partial charge < -0.3 is 4.90 Å². The summed E-state index contributed by atoms with van der Waals surface area (Å²) in [5, 5.41) is 2.84. The van der Waals surface area contributed by atoms with Crippen LogP contribution in [0.5, 0.6) is 0 Å². The van der Waals surface area contributed by atoms with Crippen molar-refractivity contribution in [3.63, 3.8) is 0 Å². The predicted octanol–water partition coefficient (Wildman–Crippen LogP) is 2.14. The van der Waals surface area contributed by atoms with E-state index < -0.39 is 10.0 Å². The number of aryl methyl sites for hydroxylation is 3. The van der Waals surface area contributed by atoms with Gasteiger partial charge in [-0.2, -0.15) is 4.31 Å². The van der Waals surface area contributed by atoms with Gasteiger partial charge in [0.2, 0.25) is 15.9 Å². The lowest BCUT2D eigenvalue weighted by atomic mass is 10.2. The van der Waals surface area contributed by atoms with Gasteiger partial charge in [-0.25, -0.2) is 13.4 Å². The van der Waals surface area contributed by atoms with Gasteiger partial charge in [-0.15, -0.1) is 11.3 Å². The Morgan fingerprint density at radius 2 is 1.85 bits per heavy atom. The molecule has 2 heterocycles. The van der Waals surface area contributed by atoms with E-state index in [0.29, 0.717) is 31.1 Å². The Bertz CT molecular complexity index is 914. The number of hydrogen-bond donors (Lipinski definition) is 0. The molecule has 0 bridgehead atoms. The number of hydrogen-bond acceptors (Lipinski definition) is 5. The maximum atomic E-state index is 12.9. The summed E-state index contributed by atoms with van der Waals surface area (Å²) in [5.41, 5.74) is 2.44. The minimum atomic E-state index is -3.54. The molecule has 0 saturated carbocycles. The Labute approximate surface area is 158 Å². The third-order valence-electron chi connectivity index (χ3n) is 4.55. The van der Waals surface area contributed by atoms with Crippen LogP contribution in [0.15, 0.2) is 28.5 Å². The SMILES string of the molecule is Cc1ccc(C)c(S(=O)(=O)N2CCN(C(=O)Cc3csc(C)n3)CC2)c1. The van der Waals surface area contributed by atoms with Gasteiger partial charge in [0.05, 0.1) is 22.0 Å². The van der Waals surface area contributed by atoms with Crippen LogP contribution >= 0.6 is 11.3 Å². The second kappa shape index (κ2) is 7.46. The third-order valence-corrected chi connectivity index (χ3v) is 7.41. The molecular formula is C18H23N3O3S2. The molecule has 0 atom stereocenters. The maximum Gasteiger partial charge on any atom is 0.243 e. The van der Waals surface area contributed by atoms with Gasteiger partial charge in [0.25, 0.3) is 0 Å². The zero-order valence-corrected chi connectivity index (χ0v) is 16.9. The summed E-state index contributed by atoms with van der Waals surface area (Å²) in [5.74, 6) is -0.000848. The number of carbonyl (C=O) groups excluding carboxylic acids is 1. The minimum Gasteiger partial charge on any atom is -0.340 e. The van der Waals surface area contributed by atoms with E-state index >= 15 is 0 Å². The van der Waals surface area contributed by atoms with Crippen molar-refractivity contribution >= 4 is 27.3 Å². The fraction of sp³-hybridized carbons (Fsp3) is 0.444. The first-order chi connectivity index (χ1) is 12.3. The zero-order valence-electron chi connectivity index (χ0n) is 15.2. The lowest BCUT2D eigenvalue weighted by molar-refractivity contribution is -0.131. The van der Waals surface area contributed by atoms with Crippen LogP contribution in [0.2, 0.25) is 0 Å². The van der Waals surface area contributed by atoms with Crippen LogP contribution < -0.4 is 0 Å². The quantitative estimate of drug-likeness (QED) is 0.798. The van der Waals surface area contributed by atoms with Gasteiger partial charge in [0.15, 0.2) is 0 Å². The Morgan fingerprint density at radius 3 is 2.46 bits per heavy atom. The number of aromatic nitrogens is 1. The highest BCUT2D eigenvalue weighted by molar-refractivity contribution is 7.89. The Kier molecular flexibility index (Phi) is 5.45. The van der Waals surface area contributed by atoms with Crippen LogP contribution in [0.4, 0.5) is 0 Å². The number of nitrogens with zero attached hydrogens (tertiary/aromatic N) is 3. The average molecular weight is 394 g/mol. The number of sulfonamides is 1. The van der Waals surface area contributed by atoms with Crippen molar-refractivity contribution in [1.29, 1.82) is 0 Å². The molecule has 1 aliphatic rings. The molecule has 8 heteroatoms. The molecule has 0 radical (unpaired) electrons. The molecule has 1 aromatic carbocycles. The maximum absolute atomic E-state index is 12.9. The second-order valence-electron chi connectivity index (χ2n) is 6.59. The van der Waals surface area contributed by atoms with Gasteiger partial charge >= 0.3 is 0 Å². The van der Waals surface area contributed by atoms with Crippen molar-refractivity contribution in [3.05, 3.63) is 45.4 Å². The molecule has 1 fully saturated rings. The van der Waals surface area contributed by atoms with E-state index in [4.69, 9.17) is 0 Å². The molecule has 0 unspecified atom stereocenters. The molecule has 3 rings (SSSR count). The van der Waals surface area contributed by atoms with Crippen molar-refractivity contribution < 1.29 is 13.2 Å². The number of piperazine rings is 1. The normalized spacial score (nSPS) is 16.0. The number of thiazole rings is 1. The van der Waals surface area contributed by atoms with Crippen molar-refractivity contribution in [1.82, 2.24) is 14.2 Å². The lowest BCUT2D eigenvalue weighted by Gasteiger charge is -2.34. The van der Waals surface area contributed by atoms with Gasteiger partial charge in [0, 0.05) is 31.6 Å². The summed E-state index contributed by atoms with van der Waals surface area (Å²) >= 11 is 1.53. The Balaban J connectivity index is 1.66. The molecule has 1 amide bonds. The molecule has 6 nitrogen and oxygen atoms in total. The largest absolute Gasteiger partial charge is 0.340 e. The van der Waals surface area contributed by atoms with E-state index in [1.165, 1.54) is 15.6 Å². The zero-order chi connectivity index (χ0) is 18.9. The number of benzene rings is 1. The van der Waals surface area contributed by atoms with E-state index in [9.17, 15) is 13.2 Å². The highest BCUT2D eigenvalue weighted by atomic mass is 32.2. The first-order valence-corrected chi connectivity index (χ1v) is 10.9. The summed E-state index contributed by atoms with van der Waals surface area (Å²) < 4.78 is 27.4. The van der Waals surface area contributed by atoms with E-state index in [-0.39, 0.29) is 12.3 Å². The minimum absolute atomic E-state index is 0.000848. The summed E-state index contributed by atoms with van der Waals surface area (Å²) in [6.45, 7) is 7.06. The molecule has 1 aliphatic heterocycles. The summed E-state index contributed by atoms with van der Waals surface area (Å²) in [7, 11) is -3.54. The fourth-order valence-corrected chi connectivity index (χ4v) is 5.40. The van der Waals surface area contributed by atoms with Gasteiger partial charge in [-0.05, 0) is 38.0 Å². The predicted molar refractivity (Wildman–Crippen MR) is 102 cm³/mol. The monoisotopic (exact) mass is 393 g/mol. The van der Waals surface area contributed by atoms with Gasteiger partial charge in [0.1, 0.15) is 0 Å². The van der Waals surface area contributed by atoms with Crippen molar-refractivity contribution in [2.24, 2.45) is 0 Å². The van der Waals surface area contributed by atoms with Crippen molar-refractivity contribution in [2.45, 2.75) is 32.1 Å². The van der Waals surface area contributed by atoms with Gasteiger partial charge in [-0.1, -0.05) is 12.1 Å². The van der Waals surface area contributed by atoms with E-state index in [0.717, 1.165) is 21.8 Å². The Hall–Kier alpha value is -1.77. The van der Waals surface area contributed by atoms with Crippen LogP contribution in [-0.4, -0.2) is 54.7 Å². The first kappa shape index (κ1) is 19.0. The van der Waals surface area contributed by atoms with Crippen molar-refractivity contribution in [3.8, 4) is 0 Å². The molecule has 0 N–H and O–H groups in total. The number of carbonyl (C=O) groups is 1. The third kappa shape index (κ3) is 3.97. The van der Waals surface area contributed by atoms with Crippen LogP contribution in [0, 0.1) is 20.8 Å². The second-order valence-corrected chi connectivity index (χ2v) is 9.56. The molecule has 2 aromatic rings.